The Bertz CT molecular complexity index is 1540. The van der Waals surface area contributed by atoms with Gasteiger partial charge in [0, 0.05) is 17.1 Å². The van der Waals surface area contributed by atoms with Gasteiger partial charge in [-0.15, -0.1) is 0 Å². The molecule has 0 spiro atoms. The number of carbonyl (C=O) groups is 2. The number of anilines is 2. The first-order chi connectivity index (χ1) is 18.2. The Morgan fingerprint density at radius 3 is 2.11 bits per heavy atom. The summed E-state index contributed by atoms with van der Waals surface area (Å²) in [6.45, 7) is 0.407. The molecule has 0 unspecified atom stereocenters. The third-order valence-electron chi connectivity index (χ3n) is 5.81. The molecule has 0 aromatic heterocycles. The molecule has 0 aliphatic carbocycles. The third kappa shape index (κ3) is 6.79. The van der Waals surface area contributed by atoms with E-state index in [0.717, 1.165) is 11.8 Å². The lowest BCUT2D eigenvalue weighted by Crippen LogP contribution is -2.29. The summed E-state index contributed by atoms with van der Waals surface area (Å²) < 4.78 is 26.3. The standard InChI is InChI=1S/C29H26ClN3O4S/c1-38(36,37)33(20-23-11-5-7-13-26(23)30)24-17-15-22(16-18-24)28(34)32-27-14-8-6-12-25(27)29(35)31-19-21-9-3-2-4-10-21/h2-18H,19-20H2,1H3,(H,31,35)(H,32,34). The molecule has 0 atom stereocenters. The van der Waals surface area contributed by atoms with Crippen LogP contribution < -0.4 is 14.9 Å². The molecule has 0 heterocycles. The van der Waals surface area contributed by atoms with E-state index in [4.69, 9.17) is 11.6 Å². The molecular formula is C29H26ClN3O4S. The molecule has 0 aliphatic rings. The first-order valence-electron chi connectivity index (χ1n) is 11.8. The Labute approximate surface area is 227 Å². The number of sulfonamides is 1. The first-order valence-corrected chi connectivity index (χ1v) is 14.0. The molecule has 0 aliphatic heterocycles. The molecule has 0 saturated carbocycles. The molecule has 194 valence electrons. The fourth-order valence-electron chi connectivity index (χ4n) is 3.82. The Balaban J connectivity index is 1.48. The molecule has 2 amide bonds. The molecule has 2 N–H and O–H groups in total. The van der Waals surface area contributed by atoms with Crippen LogP contribution in [0.5, 0.6) is 0 Å². The quantitative estimate of drug-likeness (QED) is 0.290. The highest BCUT2D eigenvalue weighted by atomic mass is 35.5. The van der Waals surface area contributed by atoms with E-state index in [1.165, 1.54) is 16.4 Å². The molecule has 9 heteroatoms. The molecule has 38 heavy (non-hydrogen) atoms. The van der Waals surface area contributed by atoms with Crippen molar-refractivity contribution in [2.75, 3.05) is 15.9 Å². The van der Waals surface area contributed by atoms with E-state index in [2.05, 4.69) is 10.6 Å². The van der Waals surface area contributed by atoms with Gasteiger partial charge >= 0.3 is 0 Å². The number of rotatable bonds is 9. The predicted molar refractivity (Wildman–Crippen MR) is 151 cm³/mol. The second-order valence-electron chi connectivity index (χ2n) is 8.58. The molecule has 0 fully saturated rings. The smallest absolute Gasteiger partial charge is 0.255 e. The van der Waals surface area contributed by atoms with Gasteiger partial charge in [-0.05, 0) is 53.6 Å². The zero-order chi connectivity index (χ0) is 27.1. The zero-order valence-corrected chi connectivity index (χ0v) is 22.2. The van der Waals surface area contributed by atoms with Crippen molar-refractivity contribution in [2.24, 2.45) is 0 Å². The number of nitrogens with zero attached hydrogens (tertiary/aromatic N) is 1. The summed E-state index contributed by atoms with van der Waals surface area (Å²) in [6, 6.07) is 29.5. The summed E-state index contributed by atoms with van der Waals surface area (Å²) in [5.74, 6) is -0.750. The Morgan fingerprint density at radius 2 is 1.42 bits per heavy atom. The highest BCUT2D eigenvalue weighted by Gasteiger charge is 2.20. The fourth-order valence-corrected chi connectivity index (χ4v) is 4.89. The van der Waals surface area contributed by atoms with Gasteiger partial charge in [0.15, 0.2) is 0 Å². The average Bonchev–Trinajstić information content (AvgIpc) is 2.91. The van der Waals surface area contributed by atoms with Crippen LogP contribution >= 0.6 is 11.6 Å². The van der Waals surface area contributed by atoms with Gasteiger partial charge in [-0.25, -0.2) is 8.42 Å². The highest BCUT2D eigenvalue weighted by molar-refractivity contribution is 7.92. The van der Waals surface area contributed by atoms with E-state index in [-0.39, 0.29) is 12.5 Å². The lowest BCUT2D eigenvalue weighted by atomic mass is 10.1. The van der Waals surface area contributed by atoms with E-state index >= 15 is 0 Å². The summed E-state index contributed by atoms with van der Waals surface area (Å²) in [6.07, 6.45) is 1.12. The lowest BCUT2D eigenvalue weighted by molar-refractivity contribution is 0.0951. The lowest BCUT2D eigenvalue weighted by Gasteiger charge is -2.23. The molecule has 0 saturated heterocycles. The topological polar surface area (TPSA) is 95.6 Å². The number of halogens is 1. The first kappa shape index (κ1) is 26.9. The van der Waals surface area contributed by atoms with Crippen LogP contribution in [0.4, 0.5) is 11.4 Å². The van der Waals surface area contributed by atoms with Crippen molar-refractivity contribution in [1.29, 1.82) is 0 Å². The van der Waals surface area contributed by atoms with Crippen molar-refractivity contribution in [3.05, 3.63) is 130 Å². The minimum Gasteiger partial charge on any atom is -0.348 e. The summed E-state index contributed by atoms with van der Waals surface area (Å²) in [5, 5.41) is 6.11. The van der Waals surface area contributed by atoms with Crippen LogP contribution in [0.2, 0.25) is 5.02 Å². The van der Waals surface area contributed by atoms with E-state index in [9.17, 15) is 18.0 Å². The SMILES string of the molecule is CS(=O)(=O)N(Cc1ccccc1Cl)c1ccc(C(=O)Nc2ccccc2C(=O)NCc2ccccc2)cc1. The van der Waals surface area contributed by atoms with Gasteiger partial charge in [0.2, 0.25) is 10.0 Å². The van der Waals surface area contributed by atoms with Gasteiger partial charge in [0.25, 0.3) is 11.8 Å². The van der Waals surface area contributed by atoms with Crippen LogP contribution in [-0.2, 0) is 23.1 Å². The van der Waals surface area contributed by atoms with Crippen molar-refractivity contribution in [1.82, 2.24) is 5.32 Å². The highest BCUT2D eigenvalue weighted by Crippen LogP contribution is 2.25. The number of benzene rings is 4. The second kappa shape index (κ2) is 11.9. The van der Waals surface area contributed by atoms with Gasteiger partial charge < -0.3 is 10.6 Å². The monoisotopic (exact) mass is 547 g/mol. The van der Waals surface area contributed by atoms with Crippen molar-refractivity contribution >= 4 is 44.8 Å². The summed E-state index contributed by atoms with van der Waals surface area (Å²) in [5.41, 5.74) is 3.01. The molecule has 4 rings (SSSR count). The van der Waals surface area contributed by atoms with Gasteiger partial charge in [0.1, 0.15) is 0 Å². The Hall–Kier alpha value is -4.14. The van der Waals surface area contributed by atoms with Gasteiger partial charge in [0.05, 0.1) is 29.7 Å². The molecule has 4 aromatic rings. The van der Waals surface area contributed by atoms with Gasteiger partial charge in [-0.1, -0.05) is 72.3 Å². The zero-order valence-electron chi connectivity index (χ0n) is 20.6. The van der Waals surface area contributed by atoms with Crippen LogP contribution in [0.15, 0.2) is 103 Å². The molecule has 0 bridgehead atoms. The molecule has 0 radical (unpaired) electrons. The summed E-state index contributed by atoms with van der Waals surface area (Å²) >= 11 is 6.23. The van der Waals surface area contributed by atoms with Crippen LogP contribution in [0.1, 0.15) is 31.8 Å². The normalized spacial score (nSPS) is 11.0. The van der Waals surface area contributed by atoms with Crippen molar-refractivity contribution in [3.8, 4) is 0 Å². The fraction of sp³-hybridized carbons (Fsp3) is 0.103. The maximum absolute atomic E-state index is 13.0. The van der Waals surface area contributed by atoms with Crippen molar-refractivity contribution in [3.63, 3.8) is 0 Å². The van der Waals surface area contributed by atoms with E-state index in [1.807, 2.05) is 30.3 Å². The maximum atomic E-state index is 13.0. The van der Waals surface area contributed by atoms with Crippen molar-refractivity contribution in [2.45, 2.75) is 13.1 Å². The minimum absolute atomic E-state index is 0.0511. The summed E-state index contributed by atoms with van der Waals surface area (Å²) in [4.78, 5) is 25.8. The summed E-state index contributed by atoms with van der Waals surface area (Å²) in [7, 11) is -3.63. The predicted octanol–water partition coefficient (Wildman–Crippen LogP) is 5.49. The number of hydrogen-bond acceptors (Lipinski definition) is 4. The Kier molecular flexibility index (Phi) is 8.45. The maximum Gasteiger partial charge on any atom is 0.255 e. The van der Waals surface area contributed by atoms with Crippen LogP contribution in [0.3, 0.4) is 0 Å². The number of para-hydroxylation sites is 1. The van der Waals surface area contributed by atoms with Crippen LogP contribution in [0.25, 0.3) is 0 Å². The number of hydrogen-bond donors (Lipinski definition) is 2. The van der Waals surface area contributed by atoms with E-state index < -0.39 is 15.9 Å². The number of nitrogens with one attached hydrogen (secondary N) is 2. The number of carbonyl (C=O) groups excluding carboxylic acids is 2. The van der Waals surface area contributed by atoms with E-state index in [1.54, 1.807) is 60.7 Å². The number of amides is 2. The molecular weight excluding hydrogens is 522 g/mol. The van der Waals surface area contributed by atoms with E-state index in [0.29, 0.717) is 39.6 Å². The van der Waals surface area contributed by atoms with Crippen LogP contribution in [-0.4, -0.2) is 26.5 Å². The molecule has 4 aromatic carbocycles. The largest absolute Gasteiger partial charge is 0.348 e. The minimum atomic E-state index is -3.63. The van der Waals surface area contributed by atoms with Crippen LogP contribution in [0, 0.1) is 0 Å². The van der Waals surface area contributed by atoms with Gasteiger partial charge in [-0.2, -0.15) is 0 Å². The molecule has 7 nitrogen and oxygen atoms in total. The average molecular weight is 548 g/mol. The Morgan fingerprint density at radius 1 is 0.789 bits per heavy atom. The van der Waals surface area contributed by atoms with Gasteiger partial charge in [-0.3, -0.25) is 13.9 Å². The third-order valence-corrected chi connectivity index (χ3v) is 7.31. The second-order valence-corrected chi connectivity index (χ2v) is 10.9. The van der Waals surface area contributed by atoms with Crippen molar-refractivity contribution < 1.29 is 18.0 Å².